The Morgan fingerprint density at radius 3 is 2.97 bits per heavy atom. The van der Waals surface area contributed by atoms with Crippen LogP contribution in [-0.2, 0) is 31.3 Å². The third-order valence-electron chi connectivity index (χ3n) is 5.25. The lowest BCUT2D eigenvalue weighted by atomic mass is 9.89. The quantitative estimate of drug-likeness (QED) is 0.540. The van der Waals surface area contributed by atoms with E-state index in [-0.39, 0.29) is 11.7 Å². The number of nitrogens with zero attached hydrogens (tertiary/aromatic N) is 4. The molecule has 9 heteroatoms. The maximum Gasteiger partial charge on any atom is 0.235 e. The molecule has 2 heterocycles. The standard InChI is InChI=1S/C22H23N5O2S2/c1-14-8-9-16-17(11-23)21(31-18(16)10-14)24-20(28)13-30-22-26-25-19(27(22)2)12-29-15-6-4-3-5-7-15/h3-7,14H,8-10,12-13H2,1-2H3,(H,24,28). The average Bonchev–Trinajstić information content (AvgIpc) is 3.30. The summed E-state index contributed by atoms with van der Waals surface area (Å²) in [7, 11) is 1.85. The number of thiophene rings is 1. The number of benzene rings is 1. The number of para-hydroxylation sites is 1. The first kappa shape index (κ1) is 21.4. The Labute approximate surface area is 189 Å². The smallest absolute Gasteiger partial charge is 0.235 e. The van der Waals surface area contributed by atoms with Crippen LogP contribution in [-0.4, -0.2) is 26.4 Å². The second kappa shape index (κ2) is 9.54. The lowest BCUT2D eigenvalue weighted by Crippen LogP contribution is -2.14. The van der Waals surface area contributed by atoms with Gasteiger partial charge in [-0.1, -0.05) is 36.9 Å². The first-order chi connectivity index (χ1) is 15.0. The Morgan fingerprint density at radius 1 is 1.39 bits per heavy atom. The number of rotatable bonds is 7. The van der Waals surface area contributed by atoms with Gasteiger partial charge in [0.15, 0.2) is 11.0 Å². The van der Waals surface area contributed by atoms with Crippen molar-refractivity contribution in [3.63, 3.8) is 0 Å². The molecule has 1 unspecified atom stereocenters. The van der Waals surface area contributed by atoms with Crippen molar-refractivity contribution in [1.82, 2.24) is 14.8 Å². The zero-order valence-electron chi connectivity index (χ0n) is 17.4. The zero-order valence-corrected chi connectivity index (χ0v) is 19.1. The van der Waals surface area contributed by atoms with E-state index in [1.165, 1.54) is 28.0 Å². The van der Waals surface area contributed by atoms with Crippen LogP contribution in [0.3, 0.4) is 0 Å². The zero-order chi connectivity index (χ0) is 21.8. The van der Waals surface area contributed by atoms with E-state index >= 15 is 0 Å². The fourth-order valence-corrected chi connectivity index (χ4v) is 5.62. The lowest BCUT2D eigenvalue weighted by Gasteiger charge is -2.17. The number of fused-ring (bicyclic) bond motifs is 1. The second-order valence-corrected chi connectivity index (χ2v) is 9.61. The van der Waals surface area contributed by atoms with Crippen LogP contribution >= 0.6 is 23.1 Å². The summed E-state index contributed by atoms with van der Waals surface area (Å²) in [6.07, 6.45) is 2.98. The lowest BCUT2D eigenvalue weighted by molar-refractivity contribution is -0.113. The van der Waals surface area contributed by atoms with Crippen LogP contribution < -0.4 is 10.1 Å². The van der Waals surface area contributed by atoms with Gasteiger partial charge >= 0.3 is 0 Å². The molecule has 2 aromatic heterocycles. The molecule has 3 aromatic rings. The minimum Gasteiger partial charge on any atom is -0.486 e. The molecule has 0 spiro atoms. The highest BCUT2D eigenvalue weighted by atomic mass is 32.2. The molecule has 4 rings (SSSR count). The highest BCUT2D eigenvalue weighted by Crippen LogP contribution is 2.39. The van der Waals surface area contributed by atoms with Gasteiger partial charge in [0.1, 0.15) is 23.4 Å². The molecule has 0 bridgehead atoms. The van der Waals surface area contributed by atoms with Crippen LogP contribution in [0.4, 0.5) is 5.00 Å². The largest absolute Gasteiger partial charge is 0.486 e. The van der Waals surface area contributed by atoms with Gasteiger partial charge in [-0.3, -0.25) is 4.79 Å². The van der Waals surface area contributed by atoms with Crippen LogP contribution in [0.2, 0.25) is 0 Å². The van der Waals surface area contributed by atoms with E-state index < -0.39 is 0 Å². The van der Waals surface area contributed by atoms with Crippen LogP contribution in [0.1, 0.15) is 35.2 Å². The maximum absolute atomic E-state index is 12.5. The highest BCUT2D eigenvalue weighted by molar-refractivity contribution is 7.99. The molecule has 1 atom stereocenters. The van der Waals surface area contributed by atoms with Gasteiger partial charge in [0.2, 0.25) is 5.91 Å². The SMILES string of the molecule is CC1CCc2c(sc(NC(=O)CSc3nnc(COc4ccccc4)n3C)c2C#N)C1. The maximum atomic E-state index is 12.5. The van der Waals surface area contributed by atoms with Gasteiger partial charge in [-0.25, -0.2) is 0 Å². The van der Waals surface area contributed by atoms with Gasteiger partial charge < -0.3 is 14.6 Å². The van der Waals surface area contributed by atoms with Crippen molar-refractivity contribution in [3.05, 3.63) is 52.2 Å². The van der Waals surface area contributed by atoms with E-state index in [2.05, 4.69) is 28.5 Å². The van der Waals surface area contributed by atoms with E-state index in [0.717, 1.165) is 30.6 Å². The molecule has 1 aliphatic carbocycles. The number of hydrogen-bond donors (Lipinski definition) is 1. The molecular weight excluding hydrogens is 430 g/mol. The number of carbonyl (C=O) groups excluding carboxylic acids is 1. The number of thioether (sulfide) groups is 1. The van der Waals surface area contributed by atoms with Gasteiger partial charge in [-0.15, -0.1) is 21.5 Å². The summed E-state index contributed by atoms with van der Waals surface area (Å²) in [6.45, 7) is 2.52. The Morgan fingerprint density at radius 2 is 2.19 bits per heavy atom. The Kier molecular flexibility index (Phi) is 6.59. The third-order valence-corrected chi connectivity index (χ3v) is 7.44. The molecule has 160 valence electrons. The van der Waals surface area contributed by atoms with Crippen molar-refractivity contribution < 1.29 is 9.53 Å². The number of carbonyl (C=O) groups is 1. The predicted molar refractivity (Wildman–Crippen MR) is 121 cm³/mol. The molecule has 0 fully saturated rings. The number of ether oxygens (including phenoxy) is 1. The van der Waals surface area contributed by atoms with Gasteiger partial charge in [-0.05, 0) is 42.9 Å². The van der Waals surface area contributed by atoms with Crippen LogP contribution in [0.5, 0.6) is 5.75 Å². The number of nitrogens with one attached hydrogen (secondary N) is 1. The average molecular weight is 454 g/mol. The number of nitriles is 1. The monoisotopic (exact) mass is 453 g/mol. The van der Waals surface area contributed by atoms with Gasteiger partial charge in [-0.2, -0.15) is 5.26 Å². The Hall–Kier alpha value is -2.83. The van der Waals surface area contributed by atoms with Crippen LogP contribution in [0.25, 0.3) is 0 Å². The van der Waals surface area contributed by atoms with Crippen molar-refractivity contribution in [2.24, 2.45) is 13.0 Å². The van der Waals surface area contributed by atoms with Gasteiger partial charge in [0.05, 0.1) is 11.3 Å². The predicted octanol–water partition coefficient (Wildman–Crippen LogP) is 4.18. The molecule has 0 radical (unpaired) electrons. The fraction of sp³-hybridized carbons (Fsp3) is 0.364. The number of aromatic nitrogens is 3. The van der Waals surface area contributed by atoms with Gasteiger partial charge in [0.25, 0.3) is 0 Å². The number of anilines is 1. The summed E-state index contributed by atoms with van der Waals surface area (Å²) in [5.41, 5.74) is 1.74. The first-order valence-electron chi connectivity index (χ1n) is 10.1. The van der Waals surface area contributed by atoms with Crippen molar-refractivity contribution in [3.8, 4) is 11.8 Å². The summed E-state index contributed by atoms with van der Waals surface area (Å²) in [6, 6.07) is 11.8. The van der Waals surface area contributed by atoms with Crippen molar-refractivity contribution in [1.29, 1.82) is 5.26 Å². The normalized spacial score (nSPS) is 15.2. The molecule has 0 saturated heterocycles. The van der Waals surface area contributed by atoms with Crippen molar-refractivity contribution in [2.45, 2.75) is 37.9 Å². The Bertz CT molecular complexity index is 1120. The van der Waals surface area contributed by atoms with E-state index in [0.29, 0.717) is 34.1 Å². The minimum absolute atomic E-state index is 0.154. The third kappa shape index (κ3) is 4.92. The topological polar surface area (TPSA) is 92.8 Å². The molecule has 1 aliphatic rings. The van der Waals surface area contributed by atoms with Crippen molar-refractivity contribution >= 4 is 34.0 Å². The summed E-state index contributed by atoms with van der Waals surface area (Å²) in [4.78, 5) is 13.8. The molecule has 1 N–H and O–H groups in total. The molecule has 7 nitrogen and oxygen atoms in total. The second-order valence-electron chi connectivity index (χ2n) is 7.56. The van der Waals surface area contributed by atoms with E-state index in [1.54, 1.807) is 0 Å². The summed E-state index contributed by atoms with van der Waals surface area (Å²) < 4.78 is 7.55. The molecule has 31 heavy (non-hydrogen) atoms. The molecule has 0 saturated carbocycles. The van der Waals surface area contributed by atoms with Crippen molar-refractivity contribution in [2.75, 3.05) is 11.1 Å². The number of amides is 1. The first-order valence-corrected chi connectivity index (χ1v) is 11.9. The summed E-state index contributed by atoms with van der Waals surface area (Å²) in [5, 5.41) is 22.2. The summed E-state index contributed by atoms with van der Waals surface area (Å²) >= 11 is 2.85. The minimum atomic E-state index is -0.154. The fourth-order valence-electron chi connectivity index (χ4n) is 3.51. The van der Waals surface area contributed by atoms with Gasteiger partial charge in [0, 0.05) is 11.9 Å². The molecule has 1 amide bonds. The van der Waals surface area contributed by atoms with E-state index in [9.17, 15) is 10.1 Å². The molecular formula is C22H23N5O2S2. The molecule has 0 aliphatic heterocycles. The Balaban J connectivity index is 1.34. The highest BCUT2D eigenvalue weighted by Gasteiger charge is 2.24. The number of hydrogen-bond acceptors (Lipinski definition) is 7. The summed E-state index contributed by atoms with van der Waals surface area (Å²) in [5.74, 6) is 2.10. The van der Waals surface area contributed by atoms with Crippen LogP contribution in [0.15, 0.2) is 35.5 Å². The van der Waals surface area contributed by atoms with E-state index in [1.807, 2.05) is 41.9 Å². The van der Waals surface area contributed by atoms with Crippen LogP contribution in [0, 0.1) is 17.2 Å². The van der Waals surface area contributed by atoms with E-state index in [4.69, 9.17) is 4.74 Å². The molecule has 1 aromatic carbocycles.